The highest BCUT2D eigenvalue weighted by atomic mass is 19.2. The molecule has 0 radical (unpaired) electrons. The molecule has 0 N–H and O–H groups in total. The van der Waals surface area contributed by atoms with E-state index in [-0.39, 0.29) is 0 Å². The fourth-order valence-corrected chi connectivity index (χ4v) is 6.23. The third kappa shape index (κ3) is 5.14. The minimum atomic E-state index is -2.80. The molecular weight excluding hydrogens is 557 g/mol. The molecular formula is C40H31BF2N2. The molecule has 5 aromatic carbocycles. The van der Waals surface area contributed by atoms with E-state index >= 15 is 8.63 Å². The van der Waals surface area contributed by atoms with Crippen molar-refractivity contribution >= 4 is 35.0 Å². The number of fused-ring (bicyclic) bond motifs is 1. The van der Waals surface area contributed by atoms with Gasteiger partial charge in [-0.05, 0) is 66.8 Å². The van der Waals surface area contributed by atoms with E-state index in [1.807, 2.05) is 136 Å². The summed E-state index contributed by atoms with van der Waals surface area (Å²) in [6, 6.07) is 41.8. The summed E-state index contributed by atoms with van der Waals surface area (Å²) >= 11 is 0. The summed E-state index contributed by atoms with van der Waals surface area (Å²) in [6.07, 6.45) is 2.08. The lowest BCUT2D eigenvalue weighted by atomic mass is 9.91. The number of hydrogen-bond donors (Lipinski definition) is 0. The van der Waals surface area contributed by atoms with Gasteiger partial charge < -0.3 is 4.48 Å². The number of benzene rings is 5. The van der Waals surface area contributed by atoms with Gasteiger partial charge in [0.15, 0.2) is 0 Å². The highest BCUT2D eigenvalue weighted by molar-refractivity contribution is 6.44. The van der Waals surface area contributed by atoms with Crippen molar-refractivity contribution in [2.24, 2.45) is 4.99 Å². The molecule has 1 aromatic heterocycles. The molecule has 218 valence electrons. The van der Waals surface area contributed by atoms with E-state index in [0.29, 0.717) is 22.7 Å². The number of aliphatic imine (C=N–C) groups is 1. The van der Waals surface area contributed by atoms with Crippen molar-refractivity contribution in [3.63, 3.8) is 0 Å². The quantitative estimate of drug-likeness (QED) is 0.172. The molecule has 2 heterocycles. The van der Waals surface area contributed by atoms with Crippen LogP contribution in [0.15, 0.2) is 144 Å². The zero-order valence-corrected chi connectivity index (χ0v) is 25.4. The normalized spacial score (nSPS) is 14.0. The highest BCUT2D eigenvalue weighted by Gasteiger charge is 2.33. The van der Waals surface area contributed by atoms with E-state index in [1.54, 1.807) is 0 Å². The van der Waals surface area contributed by atoms with Crippen LogP contribution in [0.5, 0.6) is 0 Å². The molecule has 2 nitrogen and oxygen atoms in total. The Labute approximate surface area is 262 Å². The second-order valence-corrected chi connectivity index (χ2v) is 11.6. The maximum atomic E-state index is 15.7. The van der Waals surface area contributed by atoms with Crippen LogP contribution in [0.4, 0.5) is 8.63 Å². The van der Waals surface area contributed by atoms with E-state index in [2.05, 4.69) is 18.2 Å². The summed E-state index contributed by atoms with van der Waals surface area (Å²) < 4.78 is 32.6. The zero-order valence-electron chi connectivity index (χ0n) is 25.4. The largest absolute Gasteiger partial charge is 0.678 e. The highest BCUT2D eigenvalue weighted by Crippen LogP contribution is 2.45. The van der Waals surface area contributed by atoms with E-state index in [4.69, 9.17) is 4.99 Å². The van der Waals surface area contributed by atoms with Crippen molar-refractivity contribution < 1.29 is 8.63 Å². The summed E-state index contributed by atoms with van der Waals surface area (Å²) in [6.45, 7) is 6.08. The summed E-state index contributed by atoms with van der Waals surface area (Å²) in [4.78, 5) is 5.26. The molecule has 0 bridgehead atoms. The summed E-state index contributed by atoms with van der Waals surface area (Å²) in [7, 11) is -2.80. The molecule has 0 unspecified atom stereocenters. The second-order valence-electron chi connectivity index (χ2n) is 11.6. The average Bonchev–Trinajstić information content (AvgIpc) is 3.64. The third-order valence-electron chi connectivity index (χ3n) is 8.60. The van der Waals surface area contributed by atoms with Gasteiger partial charge in [-0.1, -0.05) is 121 Å². The number of hydrogen-bond acceptors (Lipinski definition) is 1. The van der Waals surface area contributed by atoms with Crippen molar-refractivity contribution in [2.75, 3.05) is 0 Å². The number of aryl methyl sites for hydroxylation is 3. The predicted octanol–water partition coefficient (Wildman–Crippen LogP) is 10.4. The van der Waals surface area contributed by atoms with Crippen LogP contribution in [0.1, 0.15) is 39.1 Å². The predicted molar refractivity (Wildman–Crippen MR) is 185 cm³/mol. The fourth-order valence-electron chi connectivity index (χ4n) is 6.23. The van der Waals surface area contributed by atoms with Gasteiger partial charge >= 0.3 is 7.40 Å². The summed E-state index contributed by atoms with van der Waals surface area (Å²) in [5.41, 5.74) is 10.7. The number of nitrogens with zero attached hydrogens (tertiary/aromatic N) is 2. The van der Waals surface area contributed by atoms with Crippen molar-refractivity contribution in [1.82, 2.24) is 4.48 Å². The van der Waals surface area contributed by atoms with Crippen molar-refractivity contribution in [1.29, 1.82) is 0 Å². The van der Waals surface area contributed by atoms with Crippen LogP contribution in [0.2, 0.25) is 0 Å². The van der Waals surface area contributed by atoms with Gasteiger partial charge in [-0.3, -0.25) is 8.63 Å². The molecule has 0 spiro atoms. The number of halogens is 2. The standard InChI is InChI=1S/C40H31BF2N2/c1-26-19-21-32(22-20-26)39-34-23-27(2)28(3)24-35(34)40(45(39)41(42)43)37(31-17-11-6-12-18-31)38-33(29-13-7-4-8-14-29)25-36(44-38)30-15-9-5-10-16-30/h4-25H,1-3H3/b38-37-. The van der Waals surface area contributed by atoms with Crippen molar-refractivity contribution in [3.8, 4) is 11.3 Å². The maximum Gasteiger partial charge on any atom is 0.678 e. The number of rotatable bonds is 6. The van der Waals surface area contributed by atoms with Gasteiger partial charge in [0.1, 0.15) is 0 Å². The molecule has 45 heavy (non-hydrogen) atoms. The van der Waals surface area contributed by atoms with E-state index in [9.17, 15) is 0 Å². The number of allylic oxidation sites excluding steroid dienone is 2. The molecule has 0 aliphatic carbocycles. The zero-order chi connectivity index (χ0) is 31.1. The minimum absolute atomic E-state index is 0.458. The van der Waals surface area contributed by atoms with Gasteiger partial charge in [0.05, 0.1) is 17.1 Å². The van der Waals surface area contributed by atoms with Gasteiger partial charge in [0, 0.05) is 33.2 Å². The first kappa shape index (κ1) is 28.5. The monoisotopic (exact) mass is 588 g/mol. The maximum absolute atomic E-state index is 15.7. The Balaban J connectivity index is 1.66. The topological polar surface area (TPSA) is 17.3 Å². The third-order valence-corrected chi connectivity index (χ3v) is 8.60. The van der Waals surface area contributed by atoms with Crippen LogP contribution >= 0.6 is 0 Å². The Hall–Kier alpha value is -5.29. The Kier molecular flexibility index (Phi) is 7.38. The SMILES string of the molecule is Cc1ccc(-c2c3cc(C)c(C)cc3c(/C(=C3\N=C(c4ccccc4)C=C3c3ccccc3)c3ccccc3)n2B(F)F)cc1. The van der Waals surface area contributed by atoms with E-state index in [1.165, 1.54) is 4.48 Å². The van der Waals surface area contributed by atoms with Crippen LogP contribution in [-0.2, 0) is 0 Å². The smallest absolute Gasteiger partial charge is 0.324 e. The summed E-state index contributed by atoms with van der Waals surface area (Å²) in [5.74, 6) is 0. The molecule has 5 heteroatoms. The van der Waals surface area contributed by atoms with Gasteiger partial charge in [0.25, 0.3) is 0 Å². The van der Waals surface area contributed by atoms with Crippen LogP contribution in [0.25, 0.3) is 33.2 Å². The summed E-state index contributed by atoms with van der Waals surface area (Å²) in [5, 5.41) is 1.57. The van der Waals surface area contributed by atoms with Gasteiger partial charge in [0.2, 0.25) is 0 Å². The molecule has 1 aliphatic rings. The van der Waals surface area contributed by atoms with Crippen LogP contribution in [-0.4, -0.2) is 17.6 Å². The lowest BCUT2D eigenvalue weighted by molar-refractivity contribution is 0.630. The lowest BCUT2D eigenvalue weighted by Crippen LogP contribution is -2.18. The van der Waals surface area contributed by atoms with Gasteiger partial charge in [-0.2, -0.15) is 0 Å². The second kappa shape index (κ2) is 11.7. The Morgan fingerprint density at radius 2 is 1.18 bits per heavy atom. The Morgan fingerprint density at radius 3 is 1.78 bits per heavy atom. The first-order valence-corrected chi connectivity index (χ1v) is 15.1. The molecule has 0 saturated heterocycles. The van der Waals surface area contributed by atoms with Crippen molar-refractivity contribution in [3.05, 3.63) is 178 Å². The first-order chi connectivity index (χ1) is 21.9. The lowest BCUT2D eigenvalue weighted by Gasteiger charge is -2.18. The Bertz CT molecular complexity index is 2120. The van der Waals surface area contributed by atoms with Gasteiger partial charge in [-0.25, -0.2) is 4.99 Å². The Morgan fingerprint density at radius 1 is 0.622 bits per heavy atom. The van der Waals surface area contributed by atoms with Crippen LogP contribution in [0.3, 0.4) is 0 Å². The molecule has 0 fully saturated rings. The van der Waals surface area contributed by atoms with E-state index in [0.717, 1.165) is 61.0 Å². The number of aromatic nitrogens is 1. The molecule has 0 atom stereocenters. The van der Waals surface area contributed by atoms with Crippen LogP contribution < -0.4 is 0 Å². The van der Waals surface area contributed by atoms with E-state index < -0.39 is 7.40 Å². The average molecular weight is 589 g/mol. The molecule has 0 saturated carbocycles. The fraction of sp³-hybridized carbons (Fsp3) is 0.0750. The first-order valence-electron chi connectivity index (χ1n) is 15.1. The molecule has 7 rings (SSSR count). The van der Waals surface area contributed by atoms with Gasteiger partial charge in [-0.15, -0.1) is 0 Å². The molecule has 0 amide bonds. The molecule has 6 aromatic rings. The minimum Gasteiger partial charge on any atom is -0.324 e. The molecule has 1 aliphatic heterocycles. The van der Waals surface area contributed by atoms with Crippen LogP contribution in [0, 0.1) is 20.8 Å². The van der Waals surface area contributed by atoms with Crippen molar-refractivity contribution in [2.45, 2.75) is 20.8 Å².